The number of pyridine rings is 1. The van der Waals surface area contributed by atoms with Crippen LogP contribution in [0.25, 0.3) is 0 Å². The van der Waals surface area contributed by atoms with Gasteiger partial charge in [0.1, 0.15) is 12.2 Å². The van der Waals surface area contributed by atoms with Crippen molar-refractivity contribution in [3.05, 3.63) is 69.8 Å². The molecule has 0 spiro atoms. The Balaban J connectivity index is 1.77. The monoisotopic (exact) mass is 709 g/mol. The average molecular weight is 711 g/mol. The summed E-state index contributed by atoms with van der Waals surface area (Å²) in [6.45, 7) is 8.25. The van der Waals surface area contributed by atoms with Gasteiger partial charge in [-0.3, -0.25) is 19.6 Å². The third-order valence-corrected chi connectivity index (χ3v) is 8.86. The van der Waals surface area contributed by atoms with Crippen LogP contribution in [0.2, 0.25) is 0 Å². The molecule has 0 saturated carbocycles. The highest BCUT2D eigenvalue weighted by atomic mass is 79.9. The fraction of sp³-hybridized carbons (Fsp3) is 0.455. The molecule has 0 radical (unpaired) electrons. The molecule has 1 aromatic heterocycles. The number of rotatable bonds is 8. The number of allylic oxidation sites excluding steroid dienone is 1. The van der Waals surface area contributed by atoms with Crippen molar-refractivity contribution in [3.63, 3.8) is 0 Å². The predicted molar refractivity (Wildman–Crippen MR) is 170 cm³/mol. The maximum Gasteiger partial charge on any atom is 0.464 e. The van der Waals surface area contributed by atoms with Gasteiger partial charge in [-0.2, -0.15) is 22.0 Å². The van der Waals surface area contributed by atoms with Crippen molar-refractivity contribution in [1.29, 1.82) is 0 Å². The lowest BCUT2D eigenvalue weighted by molar-refractivity contribution is -0.249. The number of hydrogen-bond donors (Lipinski definition) is 1. The fourth-order valence-electron chi connectivity index (χ4n) is 5.74. The Morgan fingerprint density at radius 3 is 2.50 bits per heavy atom. The van der Waals surface area contributed by atoms with Gasteiger partial charge in [0.05, 0.1) is 18.3 Å². The second kappa shape index (κ2) is 13.2. The Labute approximate surface area is 272 Å². The highest BCUT2D eigenvalue weighted by molar-refractivity contribution is 9.10. The summed E-state index contributed by atoms with van der Waals surface area (Å²) in [6.07, 6.45) is -1.75. The number of carbonyl (C=O) groups excluding carboxylic acids is 2. The van der Waals surface area contributed by atoms with Gasteiger partial charge < -0.3 is 10.0 Å². The van der Waals surface area contributed by atoms with Crippen LogP contribution in [-0.4, -0.2) is 64.4 Å². The van der Waals surface area contributed by atoms with Crippen molar-refractivity contribution >= 4 is 44.7 Å². The fourth-order valence-corrected chi connectivity index (χ4v) is 6.16. The first-order valence-electron chi connectivity index (χ1n) is 14.7. The number of Topliss-reactive ketones (excluding diaryl/α,β-unsaturated/α-hetero) is 1. The third kappa shape index (κ3) is 7.19. The summed E-state index contributed by atoms with van der Waals surface area (Å²) in [5.74, 6) is -6.29. The lowest BCUT2D eigenvalue weighted by atomic mass is 9.77. The smallest absolute Gasteiger partial charge is 0.464 e. The largest absolute Gasteiger partial charge is 0.508 e. The predicted octanol–water partition coefficient (Wildman–Crippen LogP) is 7.69. The maximum atomic E-state index is 14.8. The number of hydrogen-bond acceptors (Lipinski definition) is 6. The van der Waals surface area contributed by atoms with Crippen molar-refractivity contribution < 1.29 is 36.6 Å². The number of alkyl halides is 5. The van der Waals surface area contributed by atoms with Gasteiger partial charge in [-0.25, -0.2) is 4.99 Å². The Hall–Kier alpha value is -3.61. The van der Waals surface area contributed by atoms with Crippen LogP contribution < -0.4 is 4.90 Å². The van der Waals surface area contributed by atoms with Gasteiger partial charge in [0, 0.05) is 65.4 Å². The molecular weight excluding hydrogens is 675 g/mol. The standard InChI is InChI=1S/C33H34BrF5N4O3/c1-6-27(32(35,36)33(37,38)39)41-11-9-20-14-22(19(17-42-20)13-25-24(34)8-7-10-40-25)30(46)43-28(31(3,4)5)16-26(45)23-15-21(44)12-18(2)29(23)43/h6-8,10,12,14-15,19,28H,9,11,13,16-17H2,1-5H3/p+1. The van der Waals surface area contributed by atoms with E-state index in [-0.39, 0.29) is 36.5 Å². The minimum absolute atomic E-state index is 0.0221. The van der Waals surface area contributed by atoms with Crippen LogP contribution in [0.15, 0.2) is 56.6 Å². The van der Waals surface area contributed by atoms with Gasteiger partial charge in [0.15, 0.2) is 5.78 Å². The lowest BCUT2D eigenvalue weighted by Gasteiger charge is -2.45. The second-order valence-corrected chi connectivity index (χ2v) is 13.3. The Kier molecular flexibility index (Phi) is 10.2. The highest BCUT2D eigenvalue weighted by Crippen LogP contribution is 2.43. The quantitative estimate of drug-likeness (QED) is 0.173. The zero-order valence-corrected chi connectivity index (χ0v) is 27.6. The molecule has 1 amide bonds. The number of amides is 1. The van der Waals surface area contributed by atoms with E-state index in [9.17, 15) is 36.6 Å². The first-order valence-corrected chi connectivity index (χ1v) is 15.5. The van der Waals surface area contributed by atoms with E-state index in [1.807, 2.05) is 26.8 Å². The van der Waals surface area contributed by atoms with E-state index in [4.69, 9.17) is 0 Å². The highest BCUT2D eigenvalue weighted by Gasteiger charge is 2.64. The average Bonchev–Trinajstić information content (AvgIpc) is 2.95. The first kappa shape index (κ1) is 35.2. The summed E-state index contributed by atoms with van der Waals surface area (Å²) in [7, 11) is 0. The molecule has 3 heterocycles. The number of halogens is 6. The van der Waals surface area contributed by atoms with Crippen LogP contribution in [0.5, 0.6) is 5.75 Å². The third-order valence-electron chi connectivity index (χ3n) is 8.13. The minimum atomic E-state index is -5.79. The number of aromatic hydroxyl groups is 1. The van der Waals surface area contributed by atoms with Crippen molar-refractivity contribution in [2.24, 2.45) is 21.3 Å². The molecule has 246 valence electrons. The van der Waals surface area contributed by atoms with Gasteiger partial charge in [-0.05, 0) is 70.6 Å². The number of dihydropyridines is 1. The zero-order valence-electron chi connectivity index (χ0n) is 26.1. The van der Waals surface area contributed by atoms with E-state index >= 15 is 0 Å². The number of phenols is 1. The van der Waals surface area contributed by atoms with Gasteiger partial charge in [0.2, 0.25) is 0 Å². The van der Waals surface area contributed by atoms with Gasteiger partial charge in [-0.15, -0.1) is 0 Å². The number of benzene rings is 1. The summed E-state index contributed by atoms with van der Waals surface area (Å²) in [5, 5.41) is 10.3. The molecule has 0 aliphatic carbocycles. The number of fused-ring (bicyclic) bond motifs is 1. The number of aromatic nitrogens is 1. The number of phenolic OH excluding ortho intramolecular Hbond substituents is 1. The molecule has 2 atom stereocenters. The van der Waals surface area contributed by atoms with Crippen LogP contribution >= 0.6 is 15.9 Å². The normalized spacial score (nSPS) is 19.4. The number of ketones is 1. The molecule has 7 nitrogen and oxygen atoms in total. The van der Waals surface area contributed by atoms with Crippen LogP contribution in [0.4, 0.5) is 27.6 Å². The molecule has 1 aromatic carbocycles. The SMILES string of the molecule is C[CH+]C(=NCCC1=NCC(Cc2ncccc2Br)C(C(=O)N2c3c(C)cc(O)cc3C(=O)CC2C(C)(C)C)=C1)C(F)(F)C(F)(F)F. The second-order valence-electron chi connectivity index (χ2n) is 12.5. The molecule has 2 aliphatic rings. The molecule has 0 fully saturated rings. The summed E-state index contributed by atoms with van der Waals surface area (Å²) in [6, 6.07) is 5.86. The van der Waals surface area contributed by atoms with Crippen LogP contribution in [0.1, 0.15) is 62.2 Å². The molecule has 2 aromatic rings. The van der Waals surface area contributed by atoms with E-state index in [0.717, 1.165) is 11.4 Å². The molecule has 13 heteroatoms. The minimum Gasteiger partial charge on any atom is -0.508 e. The van der Waals surface area contributed by atoms with Crippen LogP contribution in [-0.2, 0) is 11.2 Å². The van der Waals surface area contributed by atoms with Gasteiger partial charge in [0.25, 0.3) is 11.6 Å². The number of aliphatic imine (C=N–C) groups is 2. The Morgan fingerprint density at radius 2 is 1.89 bits per heavy atom. The summed E-state index contributed by atoms with van der Waals surface area (Å²) in [4.78, 5) is 42.2. The first-order chi connectivity index (χ1) is 21.4. The number of carbonyl (C=O) groups is 2. The topological polar surface area (TPSA) is 95.2 Å². The molecule has 1 N–H and O–H groups in total. The number of anilines is 1. The lowest BCUT2D eigenvalue weighted by Crippen LogP contribution is -2.53. The van der Waals surface area contributed by atoms with E-state index in [1.165, 1.54) is 12.1 Å². The molecule has 0 saturated heterocycles. The van der Waals surface area contributed by atoms with Crippen LogP contribution in [0, 0.1) is 24.7 Å². The van der Waals surface area contributed by atoms with E-state index < -0.39 is 47.6 Å². The van der Waals surface area contributed by atoms with E-state index in [1.54, 1.807) is 30.2 Å². The number of aryl methyl sites for hydroxylation is 1. The summed E-state index contributed by atoms with van der Waals surface area (Å²) >= 11 is 3.50. The van der Waals surface area contributed by atoms with Crippen molar-refractivity contribution in [2.75, 3.05) is 18.0 Å². The molecule has 0 bridgehead atoms. The van der Waals surface area contributed by atoms with E-state index in [2.05, 4.69) is 30.9 Å². The maximum absolute atomic E-state index is 14.8. The van der Waals surface area contributed by atoms with Gasteiger partial charge in [-0.1, -0.05) is 20.8 Å². The summed E-state index contributed by atoms with van der Waals surface area (Å²) < 4.78 is 67.4. The molecule has 4 rings (SSSR count). The Bertz CT molecular complexity index is 1610. The van der Waals surface area contributed by atoms with Crippen molar-refractivity contribution in [2.45, 2.75) is 72.0 Å². The van der Waals surface area contributed by atoms with Gasteiger partial charge >= 0.3 is 12.1 Å². The van der Waals surface area contributed by atoms with Crippen molar-refractivity contribution in [1.82, 2.24) is 4.98 Å². The van der Waals surface area contributed by atoms with Crippen LogP contribution in [0.3, 0.4) is 0 Å². The van der Waals surface area contributed by atoms with E-state index in [0.29, 0.717) is 41.1 Å². The molecule has 2 unspecified atom stereocenters. The molecule has 46 heavy (non-hydrogen) atoms. The molecule has 2 aliphatic heterocycles. The summed E-state index contributed by atoms with van der Waals surface area (Å²) in [5.41, 5.74) is 0.542. The zero-order chi connectivity index (χ0) is 34.2. The molecular formula is C33H35BrF5N4O3+. The number of nitrogens with zero attached hydrogens (tertiary/aromatic N) is 4. The Morgan fingerprint density at radius 1 is 1.20 bits per heavy atom. The van der Waals surface area contributed by atoms with Crippen molar-refractivity contribution in [3.8, 4) is 5.75 Å².